The van der Waals surface area contributed by atoms with Gasteiger partial charge in [-0.2, -0.15) is 0 Å². The number of rotatable bonds is 6. The highest BCUT2D eigenvalue weighted by Crippen LogP contribution is 2.28. The van der Waals surface area contributed by atoms with Crippen molar-refractivity contribution < 1.29 is 0 Å². The van der Waals surface area contributed by atoms with Gasteiger partial charge in [-0.1, -0.05) is 20.8 Å². The number of nitrogens with one attached hydrogen (secondary N) is 1. The van der Waals surface area contributed by atoms with E-state index < -0.39 is 0 Å². The molecule has 3 nitrogen and oxygen atoms in total. The fraction of sp³-hybridized carbons (Fsp3) is 0.786. The topological polar surface area (TPSA) is 28.2 Å². The fourth-order valence-electron chi connectivity index (χ4n) is 2.70. The minimum Gasteiger partial charge on any atom is -0.362 e. The molecule has 1 aliphatic rings. The van der Waals surface area contributed by atoms with Gasteiger partial charge in [0.15, 0.2) is 5.13 Å². The summed E-state index contributed by atoms with van der Waals surface area (Å²) in [6.07, 6.45) is 5.90. The van der Waals surface area contributed by atoms with Gasteiger partial charge in [-0.15, -0.1) is 11.3 Å². The molecular weight excluding hydrogens is 242 g/mol. The molecule has 2 heterocycles. The molecule has 0 bridgehead atoms. The summed E-state index contributed by atoms with van der Waals surface area (Å²) >= 11 is 1.81. The smallest absolute Gasteiger partial charge is 0.182 e. The lowest BCUT2D eigenvalue weighted by Crippen LogP contribution is -2.32. The van der Waals surface area contributed by atoms with Gasteiger partial charge >= 0.3 is 0 Å². The normalized spacial score (nSPS) is 20.8. The van der Waals surface area contributed by atoms with Crippen molar-refractivity contribution >= 4 is 16.5 Å². The predicted molar refractivity (Wildman–Crippen MR) is 79.2 cm³/mol. The molecule has 0 spiro atoms. The van der Waals surface area contributed by atoms with Crippen LogP contribution in [-0.2, 0) is 6.54 Å². The zero-order chi connectivity index (χ0) is 13.0. The fourth-order valence-corrected chi connectivity index (χ4v) is 3.56. The van der Waals surface area contributed by atoms with E-state index in [1.54, 1.807) is 0 Å². The second-order valence-corrected chi connectivity index (χ2v) is 6.60. The van der Waals surface area contributed by atoms with Crippen LogP contribution in [0.2, 0.25) is 0 Å². The third-order valence-electron chi connectivity index (χ3n) is 3.62. The van der Waals surface area contributed by atoms with Crippen molar-refractivity contribution in [3.63, 3.8) is 0 Å². The molecule has 1 N–H and O–H groups in total. The Bertz CT molecular complexity index is 362. The Hall–Kier alpha value is -0.610. The number of hydrogen-bond acceptors (Lipinski definition) is 4. The predicted octanol–water partition coefficient (Wildman–Crippen LogP) is 3.59. The van der Waals surface area contributed by atoms with E-state index in [1.807, 2.05) is 17.5 Å². The van der Waals surface area contributed by atoms with E-state index in [9.17, 15) is 0 Å². The van der Waals surface area contributed by atoms with Crippen molar-refractivity contribution in [2.45, 2.75) is 52.6 Å². The van der Waals surface area contributed by atoms with Crippen molar-refractivity contribution in [2.24, 2.45) is 5.92 Å². The van der Waals surface area contributed by atoms with Crippen molar-refractivity contribution in [1.82, 2.24) is 9.88 Å². The molecule has 1 aromatic heterocycles. The maximum atomic E-state index is 4.45. The molecule has 0 radical (unpaired) electrons. The Morgan fingerprint density at radius 3 is 3.11 bits per heavy atom. The molecule has 18 heavy (non-hydrogen) atoms. The van der Waals surface area contributed by atoms with Gasteiger partial charge in [0.25, 0.3) is 0 Å². The molecule has 0 saturated carbocycles. The van der Waals surface area contributed by atoms with Gasteiger partial charge in [0.05, 0.1) is 0 Å². The van der Waals surface area contributed by atoms with Crippen LogP contribution < -0.4 is 5.32 Å². The van der Waals surface area contributed by atoms with Crippen LogP contribution in [0.5, 0.6) is 0 Å². The maximum absolute atomic E-state index is 4.45. The molecule has 1 atom stereocenters. The quantitative estimate of drug-likeness (QED) is 0.854. The molecule has 0 amide bonds. The summed E-state index contributed by atoms with van der Waals surface area (Å²) in [4.78, 5) is 8.46. The first-order valence-electron chi connectivity index (χ1n) is 7.13. The number of likely N-dealkylation sites (tertiary alicyclic amines) is 1. The molecule has 102 valence electrons. The first kappa shape index (κ1) is 13.8. The van der Waals surface area contributed by atoms with E-state index in [0.29, 0.717) is 0 Å². The van der Waals surface area contributed by atoms with Crippen LogP contribution in [0.3, 0.4) is 0 Å². The van der Waals surface area contributed by atoms with Crippen LogP contribution in [0.15, 0.2) is 6.20 Å². The standard InChI is InChI=1S/C14H25N3S/c1-4-7-15-14-16-9-12(18-14)10-17-8-5-6-13(17)11(2)3/h9,11,13H,4-8,10H2,1-3H3,(H,15,16). The average molecular weight is 267 g/mol. The lowest BCUT2D eigenvalue weighted by molar-refractivity contribution is 0.200. The molecule has 1 saturated heterocycles. The summed E-state index contributed by atoms with van der Waals surface area (Å²) in [5.41, 5.74) is 0. The van der Waals surface area contributed by atoms with Crippen molar-refractivity contribution in [3.8, 4) is 0 Å². The van der Waals surface area contributed by atoms with Gasteiger partial charge < -0.3 is 5.32 Å². The summed E-state index contributed by atoms with van der Waals surface area (Å²) < 4.78 is 0. The highest BCUT2D eigenvalue weighted by molar-refractivity contribution is 7.15. The molecule has 1 aliphatic heterocycles. The van der Waals surface area contributed by atoms with Crippen LogP contribution in [0.4, 0.5) is 5.13 Å². The molecule has 0 aliphatic carbocycles. The van der Waals surface area contributed by atoms with Gasteiger partial charge in [0, 0.05) is 30.2 Å². The number of aromatic nitrogens is 1. The lowest BCUT2D eigenvalue weighted by Gasteiger charge is -2.26. The van der Waals surface area contributed by atoms with Crippen LogP contribution in [0.25, 0.3) is 0 Å². The zero-order valence-electron chi connectivity index (χ0n) is 11.8. The monoisotopic (exact) mass is 267 g/mol. The van der Waals surface area contributed by atoms with E-state index in [0.717, 1.165) is 36.6 Å². The second kappa shape index (κ2) is 6.53. The minimum atomic E-state index is 0.762. The number of anilines is 1. The third kappa shape index (κ3) is 3.45. The largest absolute Gasteiger partial charge is 0.362 e. The average Bonchev–Trinajstić information content (AvgIpc) is 2.96. The SMILES string of the molecule is CCCNc1ncc(CN2CCCC2C(C)C)s1. The Balaban J connectivity index is 1.90. The number of hydrogen-bond donors (Lipinski definition) is 1. The Morgan fingerprint density at radius 2 is 2.39 bits per heavy atom. The summed E-state index contributed by atoms with van der Waals surface area (Å²) in [5.74, 6) is 0.762. The van der Waals surface area contributed by atoms with E-state index in [2.05, 4.69) is 36.0 Å². The molecule has 1 fully saturated rings. The van der Waals surface area contributed by atoms with Gasteiger partial charge in [0.2, 0.25) is 0 Å². The summed E-state index contributed by atoms with van der Waals surface area (Å²) in [6.45, 7) is 10.2. The number of thiazole rings is 1. The highest BCUT2D eigenvalue weighted by Gasteiger charge is 2.27. The molecular formula is C14H25N3S. The third-order valence-corrected chi connectivity index (χ3v) is 4.56. The van der Waals surface area contributed by atoms with E-state index in [-0.39, 0.29) is 0 Å². The first-order chi connectivity index (χ1) is 8.70. The van der Waals surface area contributed by atoms with E-state index in [4.69, 9.17) is 0 Å². The Labute approximate surface area is 115 Å². The van der Waals surface area contributed by atoms with Crippen LogP contribution >= 0.6 is 11.3 Å². The van der Waals surface area contributed by atoms with Gasteiger partial charge in [0.1, 0.15) is 0 Å². The van der Waals surface area contributed by atoms with E-state index >= 15 is 0 Å². The van der Waals surface area contributed by atoms with Gasteiger partial charge in [-0.3, -0.25) is 4.90 Å². The molecule has 0 aromatic carbocycles. The molecule has 1 aromatic rings. The summed E-state index contributed by atoms with van der Waals surface area (Å²) in [7, 11) is 0. The number of nitrogens with zero attached hydrogens (tertiary/aromatic N) is 2. The first-order valence-corrected chi connectivity index (χ1v) is 7.95. The van der Waals surface area contributed by atoms with Crippen molar-refractivity contribution in [1.29, 1.82) is 0 Å². The van der Waals surface area contributed by atoms with Crippen LogP contribution in [-0.4, -0.2) is 29.0 Å². The molecule has 4 heteroatoms. The maximum Gasteiger partial charge on any atom is 0.182 e. The summed E-state index contributed by atoms with van der Waals surface area (Å²) in [6, 6.07) is 0.763. The second-order valence-electron chi connectivity index (χ2n) is 5.48. The van der Waals surface area contributed by atoms with Crippen LogP contribution in [0.1, 0.15) is 44.9 Å². The minimum absolute atomic E-state index is 0.762. The van der Waals surface area contributed by atoms with Gasteiger partial charge in [-0.05, 0) is 31.7 Å². The highest BCUT2D eigenvalue weighted by atomic mass is 32.1. The zero-order valence-corrected chi connectivity index (χ0v) is 12.6. The van der Waals surface area contributed by atoms with Gasteiger partial charge in [-0.25, -0.2) is 4.98 Å². The summed E-state index contributed by atoms with van der Waals surface area (Å²) in [5, 5.41) is 4.44. The van der Waals surface area contributed by atoms with Crippen molar-refractivity contribution in [2.75, 3.05) is 18.4 Å². The lowest BCUT2D eigenvalue weighted by atomic mass is 10.0. The van der Waals surface area contributed by atoms with E-state index in [1.165, 1.54) is 24.3 Å². The molecule has 2 rings (SSSR count). The van der Waals surface area contributed by atoms with Crippen molar-refractivity contribution in [3.05, 3.63) is 11.1 Å². The molecule has 1 unspecified atom stereocenters. The Kier molecular flexibility index (Phi) is 5.01. The van der Waals surface area contributed by atoms with Crippen LogP contribution in [0, 0.1) is 5.92 Å². The Morgan fingerprint density at radius 1 is 1.56 bits per heavy atom.